The maximum Gasteiger partial charge on any atom is 0.133 e. The van der Waals surface area contributed by atoms with E-state index < -0.39 is 0 Å². The van der Waals surface area contributed by atoms with E-state index in [0.29, 0.717) is 0 Å². The largest absolute Gasteiger partial charge is 0.340 e. The van der Waals surface area contributed by atoms with Crippen molar-refractivity contribution in [2.75, 3.05) is 5.32 Å². The minimum Gasteiger partial charge on any atom is -0.340 e. The second-order valence-electron chi connectivity index (χ2n) is 3.66. The van der Waals surface area contributed by atoms with Crippen LogP contribution in [-0.2, 0) is 0 Å². The van der Waals surface area contributed by atoms with Crippen LogP contribution in [-0.4, -0.2) is 4.98 Å². The Morgan fingerprint density at radius 1 is 1.00 bits per heavy atom. The molecular weight excluding hydrogens is 184 g/mol. The Bertz CT molecular complexity index is 446. The lowest BCUT2D eigenvalue weighted by atomic mass is 10.2. The normalized spacial score (nSPS) is 10.0. The number of benzene rings is 1. The Morgan fingerprint density at radius 2 is 1.73 bits per heavy atom. The average molecular weight is 198 g/mol. The molecule has 0 amide bonds. The van der Waals surface area contributed by atoms with E-state index in [-0.39, 0.29) is 0 Å². The van der Waals surface area contributed by atoms with Crippen LogP contribution in [0.5, 0.6) is 0 Å². The molecule has 2 aromatic rings. The maximum atomic E-state index is 4.28. The molecular formula is C13H14N2. The van der Waals surface area contributed by atoms with Crippen molar-refractivity contribution in [2.24, 2.45) is 0 Å². The number of nitrogens with one attached hydrogen (secondary N) is 1. The molecule has 0 fully saturated rings. The van der Waals surface area contributed by atoms with Crippen molar-refractivity contribution in [1.29, 1.82) is 0 Å². The molecule has 2 heteroatoms. The number of pyridine rings is 1. The number of anilines is 2. The fourth-order valence-corrected chi connectivity index (χ4v) is 1.39. The number of aryl methyl sites for hydroxylation is 2. The highest BCUT2D eigenvalue weighted by molar-refractivity contribution is 5.58. The number of hydrogen-bond donors (Lipinski definition) is 1. The molecule has 1 heterocycles. The summed E-state index contributed by atoms with van der Waals surface area (Å²) in [6, 6.07) is 12.3. The molecule has 15 heavy (non-hydrogen) atoms. The van der Waals surface area contributed by atoms with E-state index in [2.05, 4.69) is 41.5 Å². The first-order chi connectivity index (χ1) is 7.25. The molecule has 0 bridgehead atoms. The van der Waals surface area contributed by atoms with E-state index in [1.165, 1.54) is 5.56 Å². The van der Waals surface area contributed by atoms with Crippen LogP contribution < -0.4 is 5.32 Å². The lowest BCUT2D eigenvalue weighted by molar-refractivity contribution is 1.25. The predicted molar refractivity (Wildman–Crippen MR) is 63.4 cm³/mol. The van der Waals surface area contributed by atoms with Gasteiger partial charge in [-0.15, -0.1) is 0 Å². The molecule has 0 saturated carbocycles. The summed E-state index contributed by atoms with van der Waals surface area (Å²) < 4.78 is 0. The molecule has 0 unspecified atom stereocenters. The van der Waals surface area contributed by atoms with Crippen LogP contribution in [0, 0.1) is 13.8 Å². The van der Waals surface area contributed by atoms with Gasteiger partial charge in [-0.1, -0.05) is 23.8 Å². The molecule has 0 aliphatic heterocycles. The zero-order chi connectivity index (χ0) is 10.7. The first-order valence-corrected chi connectivity index (χ1v) is 5.01. The van der Waals surface area contributed by atoms with Crippen LogP contribution in [0.1, 0.15) is 11.1 Å². The van der Waals surface area contributed by atoms with Crippen molar-refractivity contribution in [3.05, 3.63) is 53.7 Å². The van der Waals surface area contributed by atoms with Gasteiger partial charge in [0.2, 0.25) is 0 Å². The Kier molecular flexibility index (Phi) is 2.68. The van der Waals surface area contributed by atoms with Crippen LogP contribution in [0.15, 0.2) is 42.6 Å². The summed E-state index contributed by atoms with van der Waals surface area (Å²) in [6.45, 7) is 4.12. The van der Waals surface area contributed by atoms with Gasteiger partial charge < -0.3 is 5.32 Å². The van der Waals surface area contributed by atoms with Gasteiger partial charge in [-0.3, -0.25) is 0 Å². The summed E-state index contributed by atoms with van der Waals surface area (Å²) in [5.74, 6) is 0.918. The third-order valence-corrected chi connectivity index (χ3v) is 2.32. The highest BCUT2D eigenvalue weighted by atomic mass is 15.0. The van der Waals surface area contributed by atoms with Crippen molar-refractivity contribution in [2.45, 2.75) is 13.8 Å². The molecule has 1 N–H and O–H groups in total. The van der Waals surface area contributed by atoms with Crippen LogP contribution in [0.4, 0.5) is 11.5 Å². The molecule has 1 aromatic heterocycles. The van der Waals surface area contributed by atoms with E-state index in [9.17, 15) is 0 Å². The molecule has 2 rings (SSSR count). The van der Waals surface area contributed by atoms with Gasteiger partial charge in [0.15, 0.2) is 0 Å². The topological polar surface area (TPSA) is 24.9 Å². The zero-order valence-electron chi connectivity index (χ0n) is 8.99. The van der Waals surface area contributed by atoms with Gasteiger partial charge in [-0.2, -0.15) is 0 Å². The summed E-state index contributed by atoms with van der Waals surface area (Å²) in [4.78, 5) is 4.28. The minimum absolute atomic E-state index is 0.918. The van der Waals surface area contributed by atoms with Gasteiger partial charge in [0, 0.05) is 11.9 Å². The van der Waals surface area contributed by atoms with E-state index in [1.807, 2.05) is 19.1 Å². The van der Waals surface area contributed by atoms with Gasteiger partial charge in [0.05, 0.1) is 0 Å². The van der Waals surface area contributed by atoms with Crippen molar-refractivity contribution in [3.8, 4) is 0 Å². The predicted octanol–water partition coefficient (Wildman–Crippen LogP) is 3.44. The molecule has 0 aliphatic rings. The summed E-state index contributed by atoms with van der Waals surface area (Å²) in [5, 5.41) is 3.29. The standard InChI is InChI=1S/C13H14N2/c1-10-5-7-12(8-6-10)15-13-11(2)4-3-9-14-13/h3-9H,1-2H3,(H,14,15). The number of hydrogen-bond acceptors (Lipinski definition) is 2. The quantitative estimate of drug-likeness (QED) is 0.799. The van der Waals surface area contributed by atoms with E-state index in [4.69, 9.17) is 0 Å². The van der Waals surface area contributed by atoms with E-state index >= 15 is 0 Å². The average Bonchev–Trinajstić information content (AvgIpc) is 2.25. The zero-order valence-corrected chi connectivity index (χ0v) is 8.99. The molecule has 0 aliphatic carbocycles. The summed E-state index contributed by atoms with van der Waals surface area (Å²) >= 11 is 0. The van der Waals surface area contributed by atoms with Crippen LogP contribution in [0.2, 0.25) is 0 Å². The van der Waals surface area contributed by atoms with Gasteiger partial charge in [0.25, 0.3) is 0 Å². The molecule has 0 atom stereocenters. The smallest absolute Gasteiger partial charge is 0.133 e. The van der Waals surface area contributed by atoms with Gasteiger partial charge in [0.1, 0.15) is 5.82 Å². The second-order valence-corrected chi connectivity index (χ2v) is 3.66. The van der Waals surface area contributed by atoms with Crippen LogP contribution in [0.3, 0.4) is 0 Å². The summed E-state index contributed by atoms with van der Waals surface area (Å²) in [7, 11) is 0. The van der Waals surface area contributed by atoms with Crippen molar-refractivity contribution in [1.82, 2.24) is 4.98 Å². The monoisotopic (exact) mass is 198 g/mol. The van der Waals surface area contributed by atoms with E-state index in [0.717, 1.165) is 17.1 Å². The van der Waals surface area contributed by atoms with Crippen LogP contribution >= 0.6 is 0 Å². The van der Waals surface area contributed by atoms with Crippen molar-refractivity contribution in [3.63, 3.8) is 0 Å². The SMILES string of the molecule is Cc1ccc(Nc2ncccc2C)cc1. The third-order valence-electron chi connectivity index (χ3n) is 2.32. The Morgan fingerprint density at radius 3 is 2.40 bits per heavy atom. The van der Waals surface area contributed by atoms with Crippen molar-refractivity contribution >= 4 is 11.5 Å². The van der Waals surface area contributed by atoms with Gasteiger partial charge >= 0.3 is 0 Å². The third kappa shape index (κ3) is 2.34. The molecule has 0 saturated heterocycles. The molecule has 1 aromatic carbocycles. The van der Waals surface area contributed by atoms with Gasteiger partial charge in [-0.05, 0) is 37.6 Å². The van der Waals surface area contributed by atoms with Crippen LogP contribution in [0.25, 0.3) is 0 Å². The summed E-state index contributed by atoms with van der Waals surface area (Å²) in [5.41, 5.74) is 3.48. The Labute approximate surface area is 90.0 Å². The van der Waals surface area contributed by atoms with Crippen molar-refractivity contribution < 1.29 is 0 Å². The maximum absolute atomic E-state index is 4.28. The number of aromatic nitrogens is 1. The Hall–Kier alpha value is -1.83. The number of nitrogens with zero attached hydrogens (tertiary/aromatic N) is 1. The molecule has 2 nitrogen and oxygen atoms in total. The van der Waals surface area contributed by atoms with E-state index in [1.54, 1.807) is 6.20 Å². The molecule has 76 valence electrons. The summed E-state index contributed by atoms with van der Waals surface area (Å²) in [6.07, 6.45) is 1.80. The fourth-order valence-electron chi connectivity index (χ4n) is 1.39. The second kappa shape index (κ2) is 4.13. The van der Waals surface area contributed by atoms with Gasteiger partial charge in [-0.25, -0.2) is 4.98 Å². The highest BCUT2D eigenvalue weighted by Crippen LogP contribution is 2.17. The molecule has 0 spiro atoms. The first-order valence-electron chi connectivity index (χ1n) is 5.01. The Balaban J connectivity index is 2.22. The lowest BCUT2D eigenvalue weighted by Crippen LogP contribution is -1.95. The molecule has 0 radical (unpaired) electrons. The first kappa shape index (κ1) is 9.71. The minimum atomic E-state index is 0.918. The fraction of sp³-hybridized carbons (Fsp3) is 0.154. The lowest BCUT2D eigenvalue weighted by Gasteiger charge is -2.07. The highest BCUT2D eigenvalue weighted by Gasteiger charge is 1.98. The number of rotatable bonds is 2.